The lowest BCUT2D eigenvalue weighted by Gasteiger charge is -2.10. The van der Waals surface area contributed by atoms with E-state index in [1.54, 1.807) is 30.5 Å². The number of hydrogen-bond donors (Lipinski definition) is 0. The van der Waals surface area contributed by atoms with Crippen LogP contribution in [0.3, 0.4) is 0 Å². The van der Waals surface area contributed by atoms with E-state index in [2.05, 4.69) is 0 Å². The monoisotopic (exact) mass is 337 g/mol. The van der Waals surface area contributed by atoms with Crippen molar-refractivity contribution >= 4 is 21.9 Å². The van der Waals surface area contributed by atoms with Gasteiger partial charge in [0.1, 0.15) is 18.2 Å². The van der Waals surface area contributed by atoms with Gasteiger partial charge in [0.05, 0.1) is 5.56 Å². The van der Waals surface area contributed by atoms with Crippen LogP contribution in [0.1, 0.15) is 46.0 Å². The molecular formula is C23H24NO+. The number of benzene rings is 2. The highest BCUT2D eigenvalue weighted by Gasteiger charge is 2.22. The molecule has 0 bridgehead atoms. The Kier molecular flexibility index (Phi) is 2.24. The summed E-state index contributed by atoms with van der Waals surface area (Å²) >= 11 is 0. The van der Waals surface area contributed by atoms with Gasteiger partial charge < -0.3 is 4.42 Å². The number of rotatable bonds is 2. The number of furan rings is 1. The van der Waals surface area contributed by atoms with E-state index in [9.17, 15) is 0 Å². The van der Waals surface area contributed by atoms with Gasteiger partial charge in [-0.15, -0.1) is 0 Å². The zero-order valence-electron chi connectivity index (χ0n) is 21.5. The highest BCUT2D eigenvalue weighted by Crippen LogP contribution is 2.39. The third-order valence-corrected chi connectivity index (χ3v) is 4.69. The van der Waals surface area contributed by atoms with Gasteiger partial charge in [0.2, 0.25) is 5.69 Å². The highest BCUT2D eigenvalue weighted by atomic mass is 16.3. The van der Waals surface area contributed by atoms with Crippen LogP contribution in [0.25, 0.3) is 33.2 Å². The van der Waals surface area contributed by atoms with E-state index in [-0.39, 0.29) is 5.56 Å². The first-order valence-corrected chi connectivity index (χ1v) is 8.19. The number of para-hydroxylation sites is 1. The van der Waals surface area contributed by atoms with Crippen LogP contribution in [-0.4, -0.2) is 0 Å². The Morgan fingerprint density at radius 3 is 2.80 bits per heavy atom. The minimum absolute atomic E-state index is 0.213. The van der Waals surface area contributed by atoms with Gasteiger partial charge in [-0.2, -0.15) is 0 Å². The molecule has 0 fully saturated rings. The van der Waals surface area contributed by atoms with Gasteiger partial charge >= 0.3 is 0 Å². The summed E-state index contributed by atoms with van der Waals surface area (Å²) in [6, 6.07) is 12.3. The van der Waals surface area contributed by atoms with Gasteiger partial charge in [-0.05, 0) is 42.4 Å². The summed E-state index contributed by atoms with van der Waals surface area (Å²) in [5.41, 5.74) is 3.58. The Hall–Kier alpha value is -2.61. The second-order valence-electron chi connectivity index (χ2n) is 6.45. The molecule has 2 aromatic heterocycles. The molecule has 126 valence electrons. The van der Waals surface area contributed by atoms with Crippen LogP contribution < -0.4 is 4.57 Å². The fourth-order valence-electron chi connectivity index (χ4n) is 3.40. The summed E-state index contributed by atoms with van der Waals surface area (Å²) < 4.78 is 64.1. The third-order valence-electron chi connectivity index (χ3n) is 4.69. The lowest BCUT2D eigenvalue weighted by Crippen LogP contribution is -2.31. The normalized spacial score (nSPS) is 19.2. The Morgan fingerprint density at radius 2 is 2.00 bits per heavy atom. The van der Waals surface area contributed by atoms with Crippen molar-refractivity contribution in [1.29, 1.82) is 0 Å². The van der Waals surface area contributed by atoms with Gasteiger partial charge in [-0.1, -0.05) is 38.0 Å². The summed E-state index contributed by atoms with van der Waals surface area (Å²) in [7, 11) is 1.82. The maximum Gasteiger partial charge on any atom is 0.216 e. The first kappa shape index (κ1) is 9.76. The molecule has 2 aromatic carbocycles. The Morgan fingerprint density at radius 1 is 1.16 bits per heavy atom. The molecule has 0 saturated carbocycles. The zero-order chi connectivity index (χ0) is 23.6. The summed E-state index contributed by atoms with van der Waals surface area (Å²) in [6.07, 6.45) is 1.72. The van der Waals surface area contributed by atoms with Crippen molar-refractivity contribution in [1.82, 2.24) is 0 Å². The van der Waals surface area contributed by atoms with Crippen molar-refractivity contribution in [2.45, 2.75) is 33.4 Å². The molecule has 2 nitrogen and oxygen atoms in total. The van der Waals surface area contributed by atoms with Crippen LogP contribution >= 0.6 is 0 Å². The van der Waals surface area contributed by atoms with Crippen molar-refractivity contribution in [2.75, 3.05) is 0 Å². The van der Waals surface area contributed by atoms with Crippen molar-refractivity contribution in [2.24, 2.45) is 7.05 Å². The smallest absolute Gasteiger partial charge is 0.216 e. The molecule has 25 heavy (non-hydrogen) atoms. The Labute approximate surface area is 158 Å². The molecule has 4 rings (SSSR count). The molecule has 0 aliphatic rings. The van der Waals surface area contributed by atoms with E-state index in [4.69, 9.17) is 14.0 Å². The maximum atomic E-state index is 8.50. The molecule has 0 N–H and O–H groups in total. The maximum absolute atomic E-state index is 8.50. The molecule has 2 heterocycles. The molecule has 0 aliphatic carbocycles. The standard InChI is InChI=1S/C23H24NO/c1-14(2)17-10-11-24(5)19(13-17)22-16(4)12-15(3)21-18-8-6-7-9-20(18)25-23(21)22/h6-14H,1-5H3/q+1/i1D3,3D3,14D. The van der Waals surface area contributed by atoms with E-state index >= 15 is 0 Å². The lowest BCUT2D eigenvalue weighted by atomic mass is 9.95. The quantitative estimate of drug-likeness (QED) is 0.421. The van der Waals surface area contributed by atoms with E-state index < -0.39 is 19.6 Å². The third kappa shape index (κ3) is 2.44. The first-order chi connectivity index (χ1) is 14.7. The number of fused-ring (bicyclic) bond motifs is 3. The fourth-order valence-corrected chi connectivity index (χ4v) is 3.40. The number of aromatic nitrogens is 1. The van der Waals surface area contributed by atoms with Crippen molar-refractivity contribution < 1.29 is 18.6 Å². The minimum Gasteiger partial charge on any atom is -0.455 e. The molecule has 0 radical (unpaired) electrons. The van der Waals surface area contributed by atoms with Crippen LogP contribution in [0.4, 0.5) is 0 Å². The zero-order valence-corrected chi connectivity index (χ0v) is 14.5. The predicted octanol–water partition coefficient (Wildman–Crippen LogP) is 5.82. The van der Waals surface area contributed by atoms with Crippen molar-refractivity contribution in [3.05, 3.63) is 65.4 Å². The molecule has 0 aliphatic heterocycles. The molecule has 1 atom stereocenters. The van der Waals surface area contributed by atoms with Gasteiger partial charge in [0, 0.05) is 32.5 Å². The summed E-state index contributed by atoms with van der Waals surface area (Å²) in [5, 5.41) is 1.23. The SMILES string of the molecule is [2H]C([2H])([2H])c1cc(C)c(-c2cc(C([2H])(C)C([2H])([2H])[2H])cc[n+]2C)c2oc3ccccc3c12. The second kappa shape index (κ2) is 5.73. The van der Waals surface area contributed by atoms with Gasteiger partial charge in [-0.3, -0.25) is 0 Å². The molecule has 1 unspecified atom stereocenters. The van der Waals surface area contributed by atoms with Crippen LogP contribution in [0.15, 0.2) is 53.1 Å². The average molecular weight is 337 g/mol. The number of aryl methyl sites for hydroxylation is 3. The first-order valence-electron chi connectivity index (χ1n) is 11.7. The Balaban J connectivity index is 2.12. The van der Waals surface area contributed by atoms with Crippen molar-refractivity contribution in [3.63, 3.8) is 0 Å². The average Bonchev–Trinajstić information content (AvgIpc) is 3.05. The summed E-state index contributed by atoms with van der Waals surface area (Å²) in [4.78, 5) is 0. The summed E-state index contributed by atoms with van der Waals surface area (Å²) in [6.45, 7) is -1.66. The molecule has 0 spiro atoms. The second-order valence-corrected chi connectivity index (χ2v) is 6.45. The van der Waals surface area contributed by atoms with Crippen LogP contribution in [0.5, 0.6) is 0 Å². The van der Waals surface area contributed by atoms with E-state index in [0.717, 1.165) is 0 Å². The van der Waals surface area contributed by atoms with Crippen LogP contribution in [-0.2, 0) is 7.05 Å². The summed E-state index contributed by atoms with van der Waals surface area (Å²) in [5.74, 6) is -1.81. The molecule has 4 aromatic rings. The van der Waals surface area contributed by atoms with Gasteiger partial charge in [-0.25, -0.2) is 4.57 Å². The van der Waals surface area contributed by atoms with Crippen molar-refractivity contribution in [3.8, 4) is 11.3 Å². The van der Waals surface area contributed by atoms with E-state index in [1.165, 1.54) is 6.92 Å². The predicted molar refractivity (Wildman–Crippen MR) is 104 cm³/mol. The minimum atomic E-state index is -2.51. The van der Waals surface area contributed by atoms with E-state index in [1.807, 2.05) is 36.7 Å². The molecular weight excluding hydrogens is 306 g/mol. The lowest BCUT2D eigenvalue weighted by molar-refractivity contribution is -0.660. The topological polar surface area (TPSA) is 17.0 Å². The largest absolute Gasteiger partial charge is 0.455 e. The van der Waals surface area contributed by atoms with Gasteiger partial charge in [0.25, 0.3) is 0 Å². The van der Waals surface area contributed by atoms with Crippen LogP contribution in [0.2, 0.25) is 0 Å². The number of hydrogen-bond acceptors (Lipinski definition) is 1. The van der Waals surface area contributed by atoms with Gasteiger partial charge in [0.15, 0.2) is 6.20 Å². The molecule has 2 heteroatoms. The Bertz CT molecular complexity index is 1350. The van der Waals surface area contributed by atoms with E-state index in [0.29, 0.717) is 44.3 Å². The molecule has 0 amide bonds. The fraction of sp³-hybridized carbons (Fsp3) is 0.261. The molecule has 0 saturated heterocycles. The number of pyridine rings is 1. The van der Waals surface area contributed by atoms with Crippen LogP contribution in [0, 0.1) is 13.8 Å². The number of nitrogens with zero attached hydrogens (tertiary/aromatic N) is 1. The highest BCUT2D eigenvalue weighted by molar-refractivity contribution is 6.11.